The van der Waals surface area contributed by atoms with Gasteiger partial charge in [-0.25, -0.2) is 4.98 Å². The third-order valence-electron chi connectivity index (χ3n) is 6.28. The van der Waals surface area contributed by atoms with Gasteiger partial charge in [0, 0.05) is 11.6 Å². The van der Waals surface area contributed by atoms with Gasteiger partial charge in [-0.05, 0) is 66.8 Å². The average molecular weight is 532 g/mol. The van der Waals surface area contributed by atoms with Crippen molar-refractivity contribution in [2.75, 3.05) is 0 Å². The van der Waals surface area contributed by atoms with Gasteiger partial charge in [-0.1, -0.05) is 44.7 Å². The number of amides is 2. The molecular weight excluding hydrogens is 502 g/mol. The molecule has 8 nitrogen and oxygen atoms in total. The van der Waals surface area contributed by atoms with Crippen LogP contribution in [-0.4, -0.2) is 31.5 Å². The van der Waals surface area contributed by atoms with E-state index in [0.717, 1.165) is 33.9 Å². The number of imidazole rings is 1. The molecule has 0 radical (unpaired) electrons. The predicted octanol–water partition coefficient (Wildman–Crippen LogP) is 6.39. The molecule has 9 heteroatoms. The summed E-state index contributed by atoms with van der Waals surface area (Å²) < 4.78 is 12.3. The first-order chi connectivity index (χ1) is 18.0. The van der Waals surface area contributed by atoms with Gasteiger partial charge in [0.05, 0.1) is 16.3 Å². The minimum absolute atomic E-state index is 0.201. The number of hydrogen-bond donors (Lipinski definition) is 3. The quantitative estimate of drug-likeness (QED) is 0.253. The summed E-state index contributed by atoms with van der Waals surface area (Å²) in [6.07, 6.45) is 0.143. The molecule has 5 rings (SSSR count). The zero-order valence-corrected chi connectivity index (χ0v) is 22.4. The van der Waals surface area contributed by atoms with E-state index in [2.05, 4.69) is 36.1 Å². The molecule has 1 aromatic heterocycles. The largest absolute Gasteiger partial charge is 0.508 e. The number of thioether (sulfide) groups is 1. The molecule has 196 valence electrons. The van der Waals surface area contributed by atoms with E-state index in [1.807, 2.05) is 49.4 Å². The number of carbonyl (C=O) groups excluding carboxylic acids is 2. The van der Waals surface area contributed by atoms with Crippen molar-refractivity contribution in [3.05, 3.63) is 77.6 Å². The van der Waals surface area contributed by atoms with Crippen LogP contribution in [-0.2, 0) is 16.6 Å². The molecule has 1 aliphatic rings. The standard InChI is InChI=1S/C29H29N3O5S/c1-16(36-19-8-5-17(6-9-19)13-25-27(34)32-28(35)38-25)26-30-22-11-10-20(15-23(22)31-26)37-24-12-7-18(33)14-21(24)29(2,3)4/h5-12,14-16,25,33H,13H2,1-4H3,(H,30,31)(H,32,34,35). The van der Waals surface area contributed by atoms with Gasteiger partial charge in [0.1, 0.15) is 28.8 Å². The zero-order chi connectivity index (χ0) is 27.0. The number of hydrogen-bond acceptors (Lipinski definition) is 7. The van der Waals surface area contributed by atoms with E-state index in [1.165, 1.54) is 0 Å². The fraction of sp³-hybridized carbons (Fsp3) is 0.276. The third-order valence-corrected chi connectivity index (χ3v) is 7.26. The molecule has 0 saturated carbocycles. The highest BCUT2D eigenvalue weighted by molar-refractivity contribution is 8.15. The molecule has 1 fully saturated rings. The normalized spacial score (nSPS) is 16.5. The molecule has 2 atom stereocenters. The van der Waals surface area contributed by atoms with Crippen molar-refractivity contribution < 1.29 is 24.2 Å². The maximum atomic E-state index is 11.8. The molecule has 0 aliphatic carbocycles. The summed E-state index contributed by atoms with van der Waals surface area (Å²) in [7, 11) is 0. The van der Waals surface area contributed by atoms with E-state index in [-0.39, 0.29) is 28.4 Å². The maximum absolute atomic E-state index is 11.8. The number of phenolic OH excluding ortho intramolecular Hbond substituents is 1. The van der Waals surface area contributed by atoms with E-state index in [0.29, 0.717) is 29.5 Å². The predicted molar refractivity (Wildman–Crippen MR) is 147 cm³/mol. The van der Waals surface area contributed by atoms with E-state index in [9.17, 15) is 14.7 Å². The van der Waals surface area contributed by atoms with Gasteiger partial charge in [0.2, 0.25) is 5.91 Å². The number of fused-ring (bicyclic) bond motifs is 1. The first-order valence-corrected chi connectivity index (χ1v) is 13.2. The first kappa shape index (κ1) is 25.7. The Kier molecular flexibility index (Phi) is 6.79. The van der Waals surface area contributed by atoms with E-state index in [1.54, 1.807) is 18.2 Å². The molecule has 2 amide bonds. The second kappa shape index (κ2) is 10.1. The second-order valence-corrected chi connectivity index (χ2v) is 11.5. The number of aromatic hydroxyl groups is 1. The molecule has 3 aromatic carbocycles. The van der Waals surface area contributed by atoms with Crippen LogP contribution in [0.3, 0.4) is 0 Å². The molecule has 1 saturated heterocycles. The summed E-state index contributed by atoms with van der Waals surface area (Å²) in [5.41, 5.74) is 3.28. The molecule has 2 heterocycles. The molecular formula is C29H29N3O5S. The Balaban J connectivity index is 1.27. The summed E-state index contributed by atoms with van der Waals surface area (Å²) in [5.74, 6) is 2.66. The Morgan fingerprint density at radius 3 is 2.45 bits per heavy atom. The van der Waals surface area contributed by atoms with Crippen LogP contribution in [0.15, 0.2) is 60.7 Å². The van der Waals surface area contributed by atoms with Crippen molar-refractivity contribution in [3.8, 4) is 23.0 Å². The van der Waals surface area contributed by atoms with Gasteiger partial charge >= 0.3 is 0 Å². The molecule has 1 aliphatic heterocycles. The molecule has 0 bridgehead atoms. The van der Waals surface area contributed by atoms with Crippen LogP contribution in [0, 0.1) is 0 Å². The summed E-state index contributed by atoms with van der Waals surface area (Å²) in [5, 5.41) is 11.6. The minimum Gasteiger partial charge on any atom is -0.508 e. The Labute approximate surface area is 224 Å². The number of carbonyl (C=O) groups is 2. The van der Waals surface area contributed by atoms with Crippen LogP contribution in [0.5, 0.6) is 23.0 Å². The summed E-state index contributed by atoms with van der Waals surface area (Å²) in [6, 6.07) is 18.3. The van der Waals surface area contributed by atoms with E-state index >= 15 is 0 Å². The SMILES string of the molecule is CC(Oc1ccc(CC2SC(=O)NC2=O)cc1)c1nc2ccc(Oc3ccc(O)cc3C(C)(C)C)cc2[nH]1. The fourth-order valence-corrected chi connectivity index (χ4v) is 5.15. The molecule has 4 aromatic rings. The van der Waals surface area contributed by atoms with Crippen LogP contribution >= 0.6 is 11.8 Å². The first-order valence-electron chi connectivity index (χ1n) is 12.3. The molecule has 2 unspecified atom stereocenters. The summed E-state index contributed by atoms with van der Waals surface area (Å²) in [4.78, 5) is 31.2. The number of nitrogens with one attached hydrogen (secondary N) is 2. The number of ether oxygens (including phenoxy) is 2. The summed E-state index contributed by atoms with van der Waals surface area (Å²) in [6.45, 7) is 8.13. The van der Waals surface area contributed by atoms with Crippen molar-refractivity contribution in [2.45, 2.75) is 50.9 Å². The van der Waals surface area contributed by atoms with Gasteiger partial charge < -0.3 is 19.6 Å². The Bertz CT molecular complexity index is 1510. The smallest absolute Gasteiger partial charge is 0.286 e. The Hall–Kier alpha value is -3.98. The van der Waals surface area contributed by atoms with Crippen LogP contribution in [0.2, 0.25) is 0 Å². The fourth-order valence-electron chi connectivity index (χ4n) is 4.29. The number of rotatable bonds is 7. The number of imide groups is 1. The lowest BCUT2D eigenvalue weighted by molar-refractivity contribution is -0.118. The van der Waals surface area contributed by atoms with Crippen molar-refractivity contribution in [2.24, 2.45) is 0 Å². The van der Waals surface area contributed by atoms with Gasteiger partial charge in [-0.3, -0.25) is 14.9 Å². The lowest BCUT2D eigenvalue weighted by atomic mass is 9.86. The number of aromatic amines is 1. The van der Waals surface area contributed by atoms with Crippen LogP contribution in [0.4, 0.5) is 4.79 Å². The van der Waals surface area contributed by atoms with Crippen LogP contribution in [0.1, 0.15) is 50.8 Å². The second-order valence-electron chi connectivity index (χ2n) is 10.3. The van der Waals surface area contributed by atoms with E-state index < -0.39 is 5.25 Å². The third kappa shape index (κ3) is 5.62. The minimum atomic E-state index is -0.397. The number of aromatic nitrogens is 2. The Morgan fingerprint density at radius 2 is 1.76 bits per heavy atom. The van der Waals surface area contributed by atoms with Crippen molar-refractivity contribution in [1.82, 2.24) is 15.3 Å². The number of phenols is 1. The van der Waals surface area contributed by atoms with Crippen LogP contribution in [0.25, 0.3) is 11.0 Å². The van der Waals surface area contributed by atoms with Crippen molar-refractivity contribution in [1.29, 1.82) is 0 Å². The highest BCUT2D eigenvalue weighted by atomic mass is 32.2. The number of benzene rings is 3. The van der Waals surface area contributed by atoms with Crippen LogP contribution < -0.4 is 14.8 Å². The van der Waals surface area contributed by atoms with Gasteiger partial charge in [0.15, 0.2) is 6.10 Å². The van der Waals surface area contributed by atoms with Crippen molar-refractivity contribution in [3.63, 3.8) is 0 Å². The number of H-pyrrole nitrogens is 1. The maximum Gasteiger partial charge on any atom is 0.286 e. The lowest BCUT2D eigenvalue weighted by Crippen LogP contribution is -2.25. The highest BCUT2D eigenvalue weighted by Gasteiger charge is 2.31. The van der Waals surface area contributed by atoms with Gasteiger partial charge in [-0.2, -0.15) is 0 Å². The Morgan fingerprint density at radius 1 is 1.03 bits per heavy atom. The molecule has 0 spiro atoms. The van der Waals surface area contributed by atoms with E-state index in [4.69, 9.17) is 9.47 Å². The molecule has 3 N–H and O–H groups in total. The topological polar surface area (TPSA) is 114 Å². The van der Waals surface area contributed by atoms with Crippen molar-refractivity contribution >= 4 is 33.9 Å². The average Bonchev–Trinajstić information content (AvgIpc) is 3.42. The monoisotopic (exact) mass is 531 g/mol. The van der Waals surface area contributed by atoms with Gasteiger partial charge in [-0.15, -0.1) is 0 Å². The highest BCUT2D eigenvalue weighted by Crippen LogP contribution is 2.37. The zero-order valence-electron chi connectivity index (χ0n) is 21.6. The lowest BCUT2D eigenvalue weighted by Gasteiger charge is -2.22. The summed E-state index contributed by atoms with van der Waals surface area (Å²) >= 11 is 1.02. The van der Waals surface area contributed by atoms with Gasteiger partial charge in [0.25, 0.3) is 5.24 Å². The number of nitrogens with zero attached hydrogens (tertiary/aromatic N) is 1. The molecule has 38 heavy (non-hydrogen) atoms.